The van der Waals surface area contributed by atoms with E-state index in [0.717, 1.165) is 17.7 Å². The minimum Gasteiger partial charge on any atom is -0.492 e. The van der Waals surface area contributed by atoms with Crippen molar-refractivity contribution in [2.24, 2.45) is 0 Å². The van der Waals surface area contributed by atoms with Gasteiger partial charge in [0.05, 0.1) is 32.9 Å². The Morgan fingerprint density at radius 3 is 2.47 bits per heavy atom. The van der Waals surface area contributed by atoms with Crippen LogP contribution in [0.15, 0.2) is 18.2 Å². The first kappa shape index (κ1) is 34.5. The number of rotatable bonds is 7. The van der Waals surface area contributed by atoms with Crippen molar-refractivity contribution in [2.45, 2.75) is 72.1 Å². The Labute approximate surface area is 275 Å². The minimum absolute atomic E-state index is 0.147. The van der Waals surface area contributed by atoms with Crippen LogP contribution in [0.1, 0.15) is 53.5 Å². The molecular weight excluding hydrogens is 646 g/mol. The molecule has 14 heteroatoms. The number of amides is 3. The highest BCUT2D eigenvalue weighted by Crippen LogP contribution is 2.46. The number of aromatic nitrogens is 1. The molecule has 0 radical (unpaired) electrons. The van der Waals surface area contributed by atoms with E-state index in [1.165, 1.54) is 12.1 Å². The van der Waals surface area contributed by atoms with Gasteiger partial charge in [0.1, 0.15) is 22.8 Å². The predicted octanol–water partition coefficient (Wildman–Crippen LogP) is 7.91. The molecule has 3 amide bonds. The third-order valence-corrected chi connectivity index (χ3v) is 8.38. The van der Waals surface area contributed by atoms with Crippen molar-refractivity contribution in [1.82, 2.24) is 14.8 Å². The topological polar surface area (TPSA) is 110 Å². The Morgan fingerprint density at radius 1 is 1.13 bits per heavy atom. The zero-order valence-corrected chi connectivity index (χ0v) is 28.6. The number of nitrogens with zero attached hydrogens (tertiary/aromatic N) is 3. The lowest BCUT2D eigenvalue weighted by Gasteiger charge is -2.39. The number of hydrogen-bond donors (Lipinski definition) is 1. The molecule has 1 aromatic heterocycles. The monoisotopic (exact) mass is 682 g/mol. The Bertz CT molecular complexity index is 1600. The van der Waals surface area contributed by atoms with Gasteiger partial charge in [0.15, 0.2) is 5.13 Å². The summed E-state index contributed by atoms with van der Waals surface area (Å²) in [4.78, 5) is 44.4. The number of benzene rings is 2. The highest BCUT2D eigenvalue weighted by molar-refractivity contribution is 7.22. The van der Waals surface area contributed by atoms with Gasteiger partial charge in [-0.25, -0.2) is 19.0 Å². The van der Waals surface area contributed by atoms with Crippen molar-refractivity contribution in [3.8, 4) is 16.9 Å². The number of ether oxygens (including phenoxy) is 3. The summed E-state index contributed by atoms with van der Waals surface area (Å²) < 4.78 is 32.1. The molecule has 1 fully saturated rings. The molecule has 2 heterocycles. The lowest BCUT2D eigenvalue weighted by atomic mass is 10.0. The number of thiazole rings is 1. The molecule has 0 saturated carbocycles. The van der Waals surface area contributed by atoms with Gasteiger partial charge in [0, 0.05) is 37.2 Å². The van der Waals surface area contributed by atoms with E-state index >= 15 is 0 Å². The number of carbonyl (C=O) groups excluding carboxylic acids is 3. The van der Waals surface area contributed by atoms with Crippen molar-refractivity contribution in [3.63, 3.8) is 0 Å². The summed E-state index contributed by atoms with van der Waals surface area (Å²) in [6.07, 6.45) is 0.0383. The van der Waals surface area contributed by atoms with Gasteiger partial charge in [-0.1, -0.05) is 34.5 Å². The van der Waals surface area contributed by atoms with E-state index in [-0.39, 0.29) is 33.0 Å². The van der Waals surface area contributed by atoms with Gasteiger partial charge in [-0.2, -0.15) is 0 Å². The van der Waals surface area contributed by atoms with Gasteiger partial charge in [-0.15, -0.1) is 0 Å². The van der Waals surface area contributed by atoms with Gasteiger partial charge in [0.25, 0.3) is 0 Å². The van der Waals surface area contributed by atoms with Crippen molar-refractivity contribution in [1.29, 1.82) is 0 Å². The molecule has 4 rings (SSSR count). The first-order valence-corrected chi connectivity index (χ1v) is 15.9. The van der Waals surface area contributed by atoms with Crippen molar-refractivity contribution < 1.29 is 33.0 Å². The van der Waals surface area contributed by atoms with E-state index < -0.39 is 29.2 Å². The zero-order chi connectivity index (χ0) is 33.3. The lowest BCUT2D eigenvalue weighted by Crippen LogP contribution is -2.55. The summed E-state index contributed by atoms with van der Waals surface area (Å²) in [6, 6.07) is 4.21. The lowest BCUT2D eigenvalue weighted by molar-refractivity contribution is -0.123. The summed E-state index contributed by atoms with van der Waals surface area (Å²) in [6.45, 7) is 13.6. The minimum atomic E-state index is -0.726. The van der Waals surface area contributed by atoms with Gasteiger partial charge in [0.2, 0.25) is 6.41 Å². The smallest absolute Gasteiger partial charge is 0.413 e. The van der Waals surface area contributed by atoms with Crippen LogP contribution in [0, 0.1) is 12.7 Å². The molecule has 2 aromatic carbocycles. The van der Waals surface area contributed by atoms with Crippen molar-refractivity contribution in [2.75, 3.05) is 31.6 Å². The molecule has 1 aliphatic heterocycles. The number of anilines is 1. The van der Waals surface area contributed by atoms with Crippen molar-refractivity contribution >= 4 is 68.5 Å². The summed E-state index contributed by atoms with van der Waals surface area (Å²) in [7, 11) is 0. The Morgan fingerprint density at radius 2 is 1.82 bits per heavy atom. The average Bonchev–Trinajstić information content (AvgIpc) is 3.33. The number of halogens is 3. The fraction of sp³-hybridized carbons (Fsp3) is 0.484. The van der Waals surface area contributed by atoms with Crippen LogP contribution in [0.25, 0.3) is 21.3 Å². The van der Waals surface area contributed by atoms with Crippen LogP contribution in [-0.4, -0.2) is 76.9 Å². The first-order valence-electron chi connectivity index (χ1n) is 14.4. The maximum absolute atomic E-state index is 14.9. The Balaban J connectivity index is 1.57. The third kappa shape index (κ3) is 8.47. The fourth-order valence-corrected chi connectivity index (χ4v) is 6.52. The second-order valence-corrected chi connectivity index (χ2v) is 14.5. The summed E-state index contributed by atoms with van der Waals surface area (Å²) >= 11 is 14.6. The molecule has 1 N–H and O–H groups in total. The SMILES string of the molecule is Cc1cc(Cl)c(-c2ccc(F)c3sc(NC(=O)OC(C)(C)C)nc23)c(Cl)c1OCCC1CN(C(=O)OC(C)(C)C)CCN1C=O. The number of aryl methyl sites for hydroxylation is 1. The predicted molar refractivity (Wildman–Crippen MR) is 174 cm³/mol. The van der Waals surface area contributed by atoms with E-state index in [9.17, 15) is 18.8 Å². The highest BCUT2D eigenvalue weighted by atomic mass is 35.5. The Hall–Kier alpha value is -3.35. The molecule has 244 valence electrons. The molecule has 1 aliphatic rings. The number of fused-ring (bicyclic) bond motifs is 1. The normalized spacial score (nSPS) is 15.6. The zero-order valence-electron chi connectivity index (χ0n) is 26.3. The van der Waals surface area contributed by atoms with E-state index in [1.807, 2.05) is 0 Å². The highest BCUT2D eigenvalue weighted by Gasteiger charge is 2.32. The summed E-state index contributed by atoms with van der Waals surface area (Å²) in [5, 5.41) is 3.21. The number of hydrogen-bond acceptors (Lipinski definition) is 8. The van der Waals surface area contributed by atoms with E-state index in [0.29, 0.717) is 53.5 Å². The molecule has 3 aromatic rings. The van der Waals surface area contributed by atoms with E-state index in [4.69, 9.17) is 37.4 Å². The number of nitrogens with one attached hydrogen (secondary N) is 1. The maximum atomic E-state index is 14.9. The van der Waals surface area contributed by atoms with Crippen LogP contribution in [-0.2, 0) is 14.3 Å². The molecule has 1 atom stereocenters. The molecule has 0 bridgehead atoms. The molecule has 1 unspecified atom stereocenters. The third-order valence-electron chi connectivity index (χ3n) is 6.74. The summed E-state index contributed by atoms with van der Waals surface area (Å²) in [5.41, 5.74) is 0.410. The molecule has 0 spiro atoms. The number of carbonyl (C=O) groups is 3. The molecule has 1 saturated heterocycles. The Kier molecular flexibility index (Phi) is 10.4. The average molecular weight is 684 g/mol. The van der Waals surface area contributed by atoms with Crippen LogP contribution in [0.5, 0.6) is 5.75 Å². The summed E-state index contributed by atoms with van der Waals surface area (Å²) in [5.74, 6) is -0.153. The quantitative estimate of drug-likeness (QED) is 0.252. The van der Waals surface area contributed by atoms with Crippen LogP contribution in [0.2, 0.25) is 10.0 Å². The first-order chi connectivity index (χ1) is 21.0. The van der Waals surface area contributed by atoms with Crippen LogP contribution in [0.3, 0.4) is 0 Å². The molecule has 10 nitrogen and oxygen atoms in total. The van der Waals surface area contributed by atoms with E-state index in [1.54, 1.807) is 64.3 Å². The molecule has 0 aliphatic carbocycles. The second kappa shape index (κ2) is 13.6. The fourth-order valence-electron chi connectivity index (χ4n) is 4.82. The number of piperazine rings is 1. The second-order valence-electron chi connectivity index (χ2n) is 12.7. The van der Waals surface area contributed by atoms with E-state index in [2.05, 4.69) is 10.3 Å². The van der Waals surface area contributed by atoms with Crippen molar-refractivity contribution in [3.05, 3.63) is 39.6 Å². The molecular formula is C31H37Cl2FN4O6S. The van der Waals surface area contributed by atoms with Gasteiger partial charge < -0.3 is 24.0 Å². The van der Waals surface area contributed by atoms with Crippen LogP contribution >= 0.6 is 34.5 Å². The van der Waals surface area contributed by atoms with Crippen LogP contribution in [0.4, 0.5) is 19.1 Å². The van der Waals surface area contributed by atoms with Crippen LogP contribution < -0.4 is 10.1 Å². The molecule has 45 heavy (non-hydrogen) atoms. The van der Waals surface area contributed by atoms with Gasteiger partial charge in [-0.05, 0) is 72.2 Å². The van der Waals surface area contributed by atoms with Gasteiger partial charge in [-0.3, -0.25) is 10.1 Å². The maximum Gasteiger partial charge on any atom is 0.413 e. The standard InChI is InChI=1S/C31H37Cl2FN4O6S/c1-17-14-20(32)22(19-8-9-21(34)26-24(19)35-27(45-26)36-28(40)43-30(2,3)4)23(33)25(17)42-13-10-18-15-37(11-12-38(18)16-39)29(41)44-31(5,6)7/h8-9,14,16,18H,10-13,15H2,1-7H3,(H,35,36,40). The van der Waals surface area contributed by atoms with Gasteiger partial charge >= 0.3 is 12.2 Å². The largest absolute Gasteiger partial charge is 0.492 e.